The van der Waals surface area contributed by atoms with Crippen molar-refractivity contribution >= 4 is 11.6 Å². The van der Waals surface area contributed by atoms with Crippen LogP contribution in [0.15, 0.2) is 48.7 Å². The van der Waals surface area contributed by atoms with Crippen molar-refractivity contribution in [2.45, 2.75) is 0 Å². The smallest absolute Gasteiger partial charge is 0.227 e. The molecular weight excluding hydrogens is 427 g/mol. The standard InChI is InChI=1S/C24H27FN4O4/c1-30-21-14-17(15-22(31-2)23(21)33-13-10-29-8-11-32-12-9-29)20-6-7-26-24(28-20)27-19-5-3-4-18(25)16-19/h3-7,14-16H,8-13H2,1-2H3,(H,26,27,28). The Morgan fingerprint density at radius 1 is 1.06 bits per heavy atom. The number of hydrogen-bond acceptors (Lipinski definition) is 8. The van der Waals surface area contributed by atoms with Crippen molar-refractivity contribution in [2.24, 2.45) is 0 Å². The van der Waals surface area contributed by atoms with E-state index in [0.717, 1.165) is 38.4 Å². The monoisotopic (exact) mass is 454 g/mol. The van der Waals surface area contributed by atoms with Gasteiger partial charge in [-0.15, -0.1) is 0 Å². The minimum absolute atomic E-state index is 0.338. The van der Waals surface area contributed by atoms with Crippen molar-refractivity contribution in [3.63, 3.8) is 0 Å². The number of nitrogens with zero attached hydrogens (tertiary/aromatic N) is 3. The van der Waals surface area contributed by atoms with Crippen LogP contribution < -0.4 is 19.5 Å². The lowest BCUT2D eigenvalue weighted by molar-refractivity contribution is 0.0319. The van der Waals surface area contributed by atoms with Crippen LogP contribution in [-0.2, 0) is 4.74 Å². The molecule has 0 unspecified atom stereocenters. The molecule has 0 bridgehead atoms. The minimum Gasteiger partial charge on any atom is -0.493 e. The van der Waals surface area contributed by atoms with Crippen LogP contribution in [0.25, 0.3) is 11.3 Å². The van der Waals surface area contributed by atoms with E-state index >= 15 is 0 Å². The molecule has 1 aliphatic rings. The highest BCUT2D eigenvalue weighted by Gasteiger charge is 2.17. The van der Waals surface area contributed by atoms with Gasteiger partial charge in [-0.3, -0.25) is 4.90 Å². The molecule has 4 rings (SSSR count). The molecule has 1 aliphatic heterocycles. The summed E-state index contributed by atoms with van der Waals surface area (Å²) >= 11 is 0. The van der Waals surface area contributed by atoms with Crippen molar-refractivity contribution in [3.05, 3.63) is 54.5 Å². The molecule has 0 radical (unpaired) electrons. The molecular formula is C24H27FN4O4. The molecule has 0 spiro atoms. The predicted octanol–water partition coefficient (Wildman–Crippen LogP) is 3.75. The Hall–Kier alpha value is -3.43. The highest BCUT2D eigenvalue weighted by molar-refractivity contribution is 5.69. The second-order valence-corrected chi connectivity index (χ2v) is 7.41. The molecule has 1 aromatic heterocycles. The first-order chi connectivity index (χ1) is 16.2. The quantitative estimate of drug-likeness (QED) is 0.524. The zero-order valence-electron chi connectivity index (χ0n) is 18.7. The van der Waals surface area contributed by atoms with Gasteiger partial charge >= 0.3 is 0 Å². The van der Waals surface area contributed by atoms with Crippen LogP contribution in [0.2, 0.25) is 0 Å². The fraction of sp³-hybridized carbons (Fsp3) is 0.333. The lowest BCUT2D eigenvalue weighted by Gasteiger charge is -2.26. The lowest BCUT2D eigenvalue weighted by atomic mass is 10.1. The molecule has 3 aromatic rings. The van der Waals surface area contributed by atoms with Gasteiger partial charge in [0.25, 0.3) is 0 Å². The first-order valence-electron chi connectivity index (χ1n) is 10.7. The largest absolute Gasteiger partial charge is 0.493 e. The summed E-state index contributed by atoms with van der Waals surface area (Å²) in [5, 5.41) is 3.02. The summed E-state index contributed by atoms with van der Waals surface area (Å²) in [6.07, 6.45) is 1.63. The van der Waals surface area contributed by atoms with E-state index in [2.05, 4.69) is 20.2 Å². The zero-order chi connectivity index (χ0) is 23.0. The van der Waals surface area contributed by atoms with Gasteiger partial charge in [0, 0.05) is 37.1 Å². The fourth-order valence-electron chi connectivity index (χ4n) is 3.55. The number of rotatable bonds is 9. The van der Waals surface area contributed by atoms with Gasteiger partial charge in [-0.25, -0.2) is 14.4 Å². The van der Waals surface area contributed by atoms with Crippen LogP contribution in [0, 0.1) is 5.82 Å². The maximum Gasteiger partial charge on any atom is 0.227 e. The SMILES string of the molecule is COc1cc(-c2ccnc(Nc3cccc(F)c3)n2)cc(OC)c1OCCN1CCOCC1. The van der Waals surface area contributed by atoms with Gasteiger partial charge in [-0.2, -0.15) is 0 Å². The zero-order valence-corrected chi connectivity index (χ0v) is 18.7. The number of methoxy groups -OCH3 is 2. The highest BCUT2D eigenvalue weighted by atomic mass is 19.1. The number of benzene rings is 2. The second-order valence-electron chi connectivity index (χ2n) is 7.41. The van der Waals surface area contributed by atoms with Gasteiger partial charge in [-0.1, -0.05) is 6.07 Å². The van der Waals surface area contributed by atoms with Crippen molar-refractivity contribution in [3.8, 4) is 28.5 Å². The lowest BCUT2D eigenvalue weighted by Crippen LogP contribution is -2.38. The molecule has 9 heteroatoms. The number of nitrogens with one attached hydrogen (secondary N) is 1. The normalized spacial score (nSPS) is 14.0. The number of morpholine rings is 1. The van der Waals surface area contributed by atoms with E-state index < -0.39 is 0 Å². The Kier molecular flexibility index (Phi) is 7.54. The molecule has 0 atom stereocenters. The molecule has 0 aliphatic carbocycles. The third-order valence-electron chi connectivity index (χ3n) is 5.25. The molecule has 174 valence electrons. The van der Waals surface area contributed by atoms with Crippen molar-refractivity contribution < 1.29 is 23.3 Å². The molecule has 2 aromatic carbocycles. The number of anilines is 2. The van der Waals surface area contributed by atoms with Crippen LogP contribution in [0.1, 0.15) is 0 Å². The summed E-state index contributed by atoms with van der Waals surface area (Å²) in [6, 6.07) is 11.6. The fourth-order valence-corrected chi connectivity index (χ4v) is 3.55. The molecule has 0 saturated carbocycles. The third-order valence-corrected chi connectivity index (χ3v) is 5.25. The highest BCUT2D eigenvalue weighted by Crippen LogP contribution is 2.41. The molecule has 33 heavy (non-hydrogen) atoms. The minimum atomic E-state index is -0.338. The summed E-state index contributed by atoms with van der Waals surface area (Å²) in [6.45, 7) is 4.58. The maximum absolute atomic E-state index is 13.5. The Morgan fingerprint density at radius 2 is 1.82 bits per heavy atom. The number of ether oxygens (including phenoxy) is 4. The average Bonchev–Trinajstić information content (AvgIpc) is 2.84. The van der Waals surface area contributed by atoms with Gasteiger partial charge in [0.15, 0.2) is 11.5 Å². The van der Waals surface area contributed by atoms with Gasteiger partial charge in [-0.05, 0) is 36.4 Å². The Morgan fingerprint density at radius 3 is 2.52 bits per heavy atom. The van der Waals surface area contributed by atoms with Crippen molar-refractivity contribution in [1.29, 1.82) is 0 Å². The van der Waals surface area contributed by atoms with E-state index in [0.29, 0.717) is 41.2 Å². The second kappa shape index (κ2) is 10.9. The first kappa shape index (κ1) is 22.8. The summed E-state index contributed by atoms with van der Waals surface area (Å²) < 4.78 is 36.1. The van der Waals surface area contributed by atoms with Crippen molar-refractivity contribution in [1.82, 2.24) is 14.9 Å². The van der Waals surface area contributed by atoms with Gasteiger partial charge < -0.3 is 24.3 Å². The molecule has 2 heterocycles. The van der Waals surface area contributed by atoms with Crippen molar-refractivity contribution in [2.75, 3.05) is 59.0 Å². The topological polar surface area (TPSA) is 78.0 Å². The Bertz CT molecular complexity index is 1050. The van der Waals surface area contributed by atoms with Gasteiger partial charge in [0.1, 0.15) is 12.4 Å². The van der Waals surface area contributed by atoms with Crippen LogP contribution in [0.5, 0.6) is 17.2 Å². The molecule has 1 fully saturated rings. The first-order valence-corrected chi connectivity index (χ1v) is 10.7. The Labute approximate surface area is 192 Å². The van der Waals surface area contributed by atoms with E-state index in [9.17, 15) is 4.39 Å². The van der Waals surface area contributed by atoms with Crippen LogP contribution >= 0.6 is 0 Å². The predicted molar refractivity (Wildman–Crippen MR) is 123 cm³/mol. The third kappa shape index (κ3) is 5.88. The van der Waals surface area contributed by atoms with Crippen LogP contribution in [0.3, 0.4) is 0 Å². The average molecular weight is 455 g/mol. The Balaban J connectivity index is 1.53. The molecule has 8 nitrogen and oxygen atoms in total. The summed E-state index contributed by atoms with van der Waals surface area (Å²) in [7, 11) is 3.18. The summed E-state index contributed by atoms with van der Waals surface area (Å²) in [4.78, 5) is 11.1. The van der Waals surface area contributed by atoms with E-state index in [-0.39, 0.29) is 5.82 Å². The molecule has 0 amide bonds. The molecule has 1 saturated heterocycles. The number of aromatic nitrogens is 2. The van der Waals surface area contributed by atoms with Crippen LogP contribution in [0.4, 0.5) is 16.0 Å². The van der Waals surface area contributed by atoms with E-state index in [1.165, 1.54) is 12.1 Å². The van der Waals surface area contributed by atoms with E-state index in [1.54, 1.807) is 38.6 Å². The number of hydrogen-bond donors (Lipinski definition) is 1. The van der Waals surface area contributed by atoms with Gasteiger partial charge in [0.05, 0.1) is 33.1 Å². The summed E-state index contributed by atoms with van der Waals surface area (Å²) in [5.74, 6) is 1.65. The van der Waals surface area contributed by atoms with Crippen LogP contribution in [-0.4, -0.2) is 68.5 Å². The number of halogens is 1. The van der Waals surface area contributed by atoms with E-state index in [4.69, 9.17) is 18.9 Å². The van der Waals surface area contributed by atoms with Gasteiger partial charge in [0.2, 0.25) is 11.7 Å². The van der Waals surface area contributed by atoms with E-state index in [1.807, 2.05) is 12.1 Å². The molecule has 1 N–H and O–H groups in total. The summed E-state index contributed by atoms with van der Waals surface area (Å²) in [5.41, 5.74) is 1.99. The maximum atomic E-state index is 13.5.